The molecule has 6 heteroatoms. The van der Waals surface area contributed by atoms with Crippen molar-refractivity contribution in [1.29, 1.82) is 0 Å². The maximum Gasteiger partial charge on any atom is 0.283 e. The summed E-state index contributed by atoms with van der Waals surface area (Å²) in [6, 6.07) is 5.90. The molecule has 4 rings (SSSR count). The molecular formula is C20H27N3O3. The van der Waals surface area contributed by atoms with Crippen LogP contribution in [0.5, 0.6) is 0 Å². The van der Waals surface area contributed by atoms with Gasteiger partial charge in [0.25, 0.3) is 6.02 Å². The molecule has 1 atom stereocenters. The van der Waals surface area contributed by atoms with Crippen molar-refractivity contribution in [3.05, 3.63) is 34.9 Å². The molecule has 6 nitrogen and oxygen atoms in total. The van der Waals surface area contributed by atoms with Gasteiger partial charge in [-0.1, -0.05) is 17.3 Å². The average Bonchev–Trinajstić information content (AvgIpc) is 3.07. The number of ether oxygens (including phenoxy) is 2. The number of amidine groups is 1. The van der Waals surface area contributed by atoms with Crippen molar-refractivity contribution < 1.29 is 17.1 Å². The van der Waals surface area contributed by atoms with Crippen LogP contribution in [-0.2, 0) is 26.3 Å². The van der Waals surface area contributed by atoms with Gasteiger partial charge in [-0.05, 0) is 61.8 Å². The molecule has 0 bridgehead atoms. The first-order chi connectivity index (χ1) is 13.4. The van der Waals surface area contributed by atoms with E-state index in [1.54, 1.807) is 13.3 Å². The summed E-state index contributed by atoms with van der Waals surface area (Å²) in [5.74, 6) is 0. The lowest BCUT2D eigenvalue weighted by molar-refractivity contribution is -0.00984. The normalized spacial score (nSPS) is 35.9. The van der Waals surface area contributed by atoms with Crippen molar-refractivity contribution in [3.63, 3.8) is 0 Å². The van der Waals surface area contributed by atoms with Gasteiger partial charge >= 0.3 is 0 Å². The van der Waals surface area contributed by atoms with Crippen molar-refractivity contribution >= 4 is 12.2 Å². The number of hydrogen-bond donors (Lipinski definition) is 1. The van der Waals surface area contributed by atoms with Crippen molar-refractivity contribution in [3.8, 4) is 0 Å². The molecule has 0 saturated heterocycles. The Balaban J connectivity index is 1.83. The summed E-state index contributed by atoms with van der Waals surface area (Å²) in [4.78, 5) is 9.73. The lowest BCUT2D eigenvalue weighted by Gasteiger charge is -2.45. The van der Waals surface area contributed by atoms with Gasteiger partial charge in [-0.15, -0.1) is 0 Å². The highest BCUT2D eigenvalue weighted by Gasteiger charge is 2.61. The standard InChI is InChI=1S/C20H27N3O3/c1-3-26-22-12-14-4-5-15-11-19(8-6-16(24-2)7-9-19)20(17(15)10-14)13-25-18(21)23-20/h4-5,10,12,16H,3,6-9,11,13H2,1-2H3,(H2,21,23)/b22-12+/i13D2. The average molecular weight is 359 g/mol. The second-order valence-electron chi connectivity index (χ2n) is 7.33. The van der Waals surface area contributed by atoms with Gasteiger partial charge in [-0.3, -0.25) is 0 Å². The fourth-order valence-electron chi connectivity index (χ4n) is 4.71. The molecule has 2 spiro atoms. The first-order valence-electron chi connectivity index (χ1n) is 10.2. The van der Waals surface area contributed by atoms with Crippen LogP contribution in [0.4, 0.5) is 0 Å². The zero-order valence-corrected chi connectivity index (χ0v) is 15.3. The molecule has 1 aromatic rings. The minimum absolute atomic E-state index is 0.0838. The highest BCUT2D eigenvalue weighted by atomic mass is 16.6. The molecule has 2 aliphatic carbocycles. The molecular weight excluding hydrogens is 330 g/mol. The van der Waals surface area contributed by atoms with Crippen LogP contribution in [0, 0.1) is 5.41 Å². The first-order valence-corrected chi connectivity index (χ1v) is 9.23. The van der Waals surface area contributed by atoms with Crippen LogP contribution in [0.2, 0.25) is 0 Å². The van der Waals surface area contributed by atoms with E-state index in [0.717, 1.165) is 48.8 Å². The summed E-state index contributed by atoms with van der Waals surface area (Å²) in [7, 11) is 1.74. The zero-order chi connectivity index (χ0) is 20.0. The van der Waals surface area contributed by atoms with Gasteiger partial charge in [-0.2, -0.15) is 0 Å². The van der Waals surface area contributed by atoms with E-state index in [1.165, 1.54) is 0 Å². The number of nitrogens with zero attached hydrogens (tertiary/aromatic N) is 2. The van der Waals surface area contributed by atoms with Crippen molar-refractivity contribution in [1.82, 2.24) is 0 Å². The predicted molar refractivity (Wildman–Crippen MR) is 100 cm³/mol. The monoisotopic (exact) mass is 359 g/mol. The quantitative estimate of drug-likeness (QED) is 0.662. The number of nitrogens with two attached hydrogens (primary N) is 1. The van der Waals surface area contributed by atoms with Gasteiger partial charge in [0.15, 0.2) is 0 Å². The second-order valence-corrected chi connectivity index (χ2v) is 7.33. The smallest absolute Gasteiger partial charge is 0.283 e. The number of hydrogen-bond acceptors (Lipinski definition) is 6. The van der Waals surface area contributed by atoms with Gasteiger partial charge in [0.1, 0.15) is 18.7 Å². The van der Waals surface area contributed by atoms with Gasteiger partial charge in [0.05, 0.1) is 15.1 Å². The minimum atomic E-state index is -2.02. The Morgan fingerprint density at radius 2 is 2.27 bits per heavy atom. The molecule has 2 N–H and O–H groups in total. The summed E-state index contributed by atoms with van der Waals surface area (Å²) in [6.07, 6.45) is 5.95. The van der Waals surface area contributed by atoms with E-state index in [0.29, 0.717) is 6.61 Å². The SMILES string of the molecule is [2H]C1([2H])OC(N)=NC12c1cc(/C=N/OCC)ccc1CC21CCC(OC)CC1. The summed E-state index contributed by atoms with van der Waals surface area (Å²) in [6.45, 7) is 0.349. The third-order valence-corrected chi connectivity index (χ3v) is 6.03. The van der Waals surface area contributed by atoms with Gasteiger partial charge in [0.2, 0.25) is 0 Å². The maximum atomic E-state index is 8.75. The molecule has 1 heterocycles. The van der Waals surface area contributed by atoms with Crippen LogP contribution in [0.25, 0.3) is 0 Å². The zero-order valence-electron chi connectivity index (χ0n) is 17.3. The highest BCUT2D eigenvalue weighted by Crippen LogP contribution is 2.61. The molecule has 26 heavy (non-hydrogen) atoms. The minimum Gasteiger partial charge on any atom is -0.462 e. The van der Waals surface area contributed by atoms with Crippen LogP contribution < -0.4 is 5.73 Å². The number of methoxy groups -OCH3 is 1. The molecule has 1 unspecified atom stereocenters. The number of fused-ring (bicyclic) bond motifs is 3. The fraction of sp³-hybridized carbons (Fsp3) is 0.600. The number of rotatable bonds is 4. The summed E-state index contributed by atoms with van der Waals surface area (Å²) in [5, 5.41) is 3.95. The van der Waals surface area contributed by atoms with Crippen molar-refractivity contribution in [2.24, 2.45) is 21.3 Å². The second kappa shape index (κ2) is 6.58. The Morgan fingerprint density at radius 3 is 2.92 bits per heavy atom. The Kier molecular flexibility index (Phi) is 3.80. The van der Waals surface area contributed by atoms with Crippen LogP contribution in [0.15, 0.2) is 28.3 Å². The Morgan fingerprint density at radius 1 is 1.46 bits per heavy atom. The molecule has 1 fully saturated rings. The molecule has 1 saturated carbocycles. The van der Waals surface area contributed by atoms with E-state index in [4.69, 9.17) is 22.8 Å². The maximum absolute atomic E-state index is 8.75. The lowest BCUT2D eigenvalue weighted by Crippen LogP contribution is -2.46. The molecule has 0 radical (unpaired) electrons. The van der Waals surface area contributed by atoms with Gasteiger partial charge in [0, 0.05) is 12.5 Å². The number of benzene rings is 1. The first kappa shape index (κ1) is 15.0. The fourth-order valence-corrected chi connectivity index (χ4v) is 4.71. The summed E-state index contributed by atoms with van der Waals surface area (Å²) >= 11 is 0. The van der Waals surface area contributed by atoms with Crippen LogP contribution >= 0.6 is 0 Å². The van der Waals surface area contributed by atoms with E-state index < -0.39 is 12.1 Å². The third kappa shape index (κ3) is 2.58. The van der Waals surface area contributed by atoms with Crippen LogP contribution in [0.3, 0.4) is 0 Å². The van der Waals surface area contributed by atoms with Gasteiger partial charge in [-0.25, -0.2) is 4.99 Å². The lowest BCUT2D eigenvalue weighted by atomic mass is 9.62. The Labute approximate surface area is 157 Å². The highest BCUT2D eigenvalue weighted by molar-refractivity contribution is 5.81. The van der Waals surface area contributed by atoms with E-state index in [-0.39, 0.29) is 17.5 Å². The Bertz CT molecular complexity index is 819. The van der Waals surface area contributed by atoms with E-state index in [1.807, 2.05) is 25.1 Å². The molecule has 3 aliphatic rings. The number of oxime groups is 1. The third-order valence-electron chi connectivity index (χ3n) is 6.03. The van der Waals surface area contributed by atoms with E-state index in [2.05, 4.69) is 10.1 Å². The molecule has 1 aromatic carbocycles. The van der Waals surface area contributed by atoms with Crippen molar-refractivity contribution in [2.75, 3.05) is 20.3 Å². The molecule has 1 aliphatic heterocycles. The largest absolute Gasteiger partial charge is 0.462 e. The van der Waals surface area contributed by atoms with Crippen LogP contribution in [-0.4, -0.2) is 38.6 Å². The van der Waals surface area contributed by atoms with Gasteiger partial charge < -0.3 is 20.0 Å². The summed E-state index contributed by atoms with van der Waals surface area (Å²) in [5.41, 5.74) is 7.15. The number of aliphatic imine (C=N–C) groups is 1. The van der Waals surface area contributed by atoms with E-state index >= 15 is 0 Å². The molecule has 140 valence electrons. The topological polar surface area (TPSA) is 78.4 Å². The van der Waals surface area contributed by atoms with Crippen LogP contribution in [0.1, 0.15) is 52.0 Å². The predicted octanol–water partition coefficient (Wildman–Crippen LogP) is 2.73. The Hall–Kier alpha value is -2.08. The summed E-state index contributed by atoms with van der Waals surface area (Å²) < 4.78 is 28.5. The van der Waals surface area contributed by atoms with Crippen molar-refractivity contribution in [2.45, 2.75) is 50.7 Å². The van der Waals surface area contributed by atoms with E-state index in [9.17, 15) is 0 Å². The molecule has 0 aromatic heterocycles. The molecule has 0 amide bonds.